The number of ether oxygens (including phenoxy) is 1. The summed E-state index contributed by atoms with van der Waals surface area (Å²) in [6.07, 6.45) is 0. The van der Waals surface area contributed by atoms with E-state index in [9.17, 15) is 4.79 Å². The Morgan fingerprint density at radius 1 is 1.53 bits per heavy atom. The molecule has 1 unspecified atom stereocenters. The van der Waals surface area contributed by atoms with Crippen LogP contribution in [0.5, 0.6) is 5.75 Å². The smallest absolute Gasteiger partial charge is 0.317 e. The van der Waals surface area contributed by atoms with Gasteiger partial charge in [0.25, 0.3) is 0 Å². The molecular formula is C14H20ClNO3. The van der Waals surface area contributed by atoms with Gasteiger partial charge in [-0.25, -0.2) is 0 Å². The largest absolute Gasteiger partial charge is 0.494 e. The molecule has 106 valence electrons. The first-order chi connectivity index (χ1) is 8.93. The number of rotatable bonds is 7. The summed E-state index contributed by atoms with van der Waals surface area (Å²) in [7, 11) is 1.74. The molecule has 0 bridgehead atoms. The molecular weight excluding hydrogens is 266 g/mol. The highest BCUT2D eigenvalue weighted by Crippen LogP contribution is 2.31. The van der Waals surface area contributed by atoms with E-state index in [1.807, 2.05) is 32.0 Å². The third-order valence-corrected chi connectivity index (χ3v) is 3.05. The molecule has 1 aromatic rings. The standard InChI is InChI=1S/C14H20ClNO3/c1-4-19-13-6-5-10(2)7-11(13)12(15)8-16(3)9-14(17)18/h5-7,12H,4,8-9H2,1-3H3,(H,17,18). The minimum Gasteiger partial charge on any atom is -0.494 e. The number of likely N-dealkylation sites (N-methyl/N-ethyl adjacent to an activating group) is 1. The molecule has 0 saturated carbocycles. The highest BCUT2D eigenvalue weighted by molar-refractivity contribution is 6.21. The van der Waals surface area contributed by atoms with Crippen LogP contribution in [-0.2, 0) is 4.79 Å². The zero-order chi connectivity index (χ0) is 14.4. The van der Waals surface area contributed by atoms with Crippen molar-refractivity contribution in [3.05, 3.63) is 29.3 Å². The molecule has 19 heavy (non-hydrogen) atoms. The van der Waals surface area contributed by atoms with Crippen LogP contribution in [0.1, 0.15) is 23.4 Å². The topological polar surface area (TPSA) is 49.8 Å². The lowest BCUT2D eigenvalue weighted by atomic mass is 10.1. The van der Waals surface area contributed by atoms with Crippen LogP contribution in [0.4, 0.5) is 0 Å². The van der Waals surface area contributed by atoms with Crippen molar-refractivity contribution in [2.45, 2.75) is 19.2 Å². The minimum absolute atomic E-state index is 0.0288. The highest BCUT2D eigenvalue weighted by atomic mass is 35.5. The molecule has 0 amide bonds. The van der Waals surface area contributed by atoms with Crippen molar-refractivity contribution >= 4 is 17.6 Å². The average molecular weight is 286 g/mol. The number of nitrogens with zero attached hydrogens (tertiary/aromatic N) is 1. The molecule has 4 nitrogen and oxygen atoms in total. The van der Waals surface area contributed by atoms with Crippen LogP contribution >= 0.6 is 11.6 Å². The number of aliphatic carboxylic acids is 1. The van der Waals surface area contributed by atoms with E-state index in [0.29, 0.717) is 13.2 Å². The Morgan fingerprint density at radius 2 is 2.21 bits per heavy atom. The Balaban J connectivity index is 2.82. The number of hydrogen-bond donors (Lipinski definition) is 1. The molecule has 0 fully saturated rings. The maximum absolute atomic E-state index is 10.6. The number of hydrogen-bond acceptors (Lipinski definition) is 3. The predicted molar refractivity (Wildman–Crippen MR) is 76.1 cm³/mol. The van der Waals surface area contributed by atoms with Crippen molar-refractivity contribution < 1.29 is 14.6 Å². The van der Waals surface area contributed by atoms with Gasteiger partial charge in [-0.2, -0.15) is 0 Å². The molecule has 0 aliphatic rings. The number of alkyl halides is 1. The van der Waals surface area contributed by atoms with Gasteiger partial charge < -0.3 is 9.84 Å². The molecule has 1 atom stereocenters. The molecule has 0 aliphatic carbocycles. The van der Waals surface area contributed by atoms with Gasteiger partial charge in [0, 0.05) is 12.1 Å². The summed E-state index contributed by atoms with van der Waals surface area (Å²) in [5.41, 5.74) is 2.01. The van der Waals surface area contributed by atoms with Gasteiger partial charge in [0.15, 0.2) is 0 Å². The third kappa shape index (κ3) is 5.09. The fourth-order valence-corrected chi connectivity index (χ4v) is 2.27. The monoisotopic (exact) mass is 285 g/mol. The van der Waals surface area contributed by atoms with Crippen LogP contribution in [0.2, 0.25) is 0 Å². The second-order valence-electron chi connectivity index (χ2n) is 4.53. The van der Waals surface area contributed by atoms with Gasteiger partial charge in [-0.15, -0.1) is 11.6 Å². The number of carboxylic acids is 1. The zero-order valence-electron chi connectivity index (χ0n) is 11.5. The molecule has 0 spiro atoms. The van der Waals surface area contributed by atoms with E-state index in [4.69, 9.17) is 21.4 Å². The normalized spacial score (nSPS) is 12.5. The summed E-state index contributed by atoms with van der Waals surface area (Å²) < 4.78 is 5.56. The van der Waals surface area contributed by atoms with Gasteiger partial charge in [0.1, 0.15) is 5.75 Å². The lowest BCUT2D eigenvalue weighted by Gasteiger charge is -2.20. The summed E-state index contributed by atoms with van der Waals surface area (Å²) in [6.45, 7) is 4.91. The summed E-state index contributed by atoms with van der Waals surface area (Å²) in [6, 6.07) is 5.86. The molecule has 0 aromatic heterocycles. The van der Waals surface area contributed by atoms with Crippen LogP contribution < -0.4 is 4.74 Å². The van der Waals surface area contributed by atoms with Crippen molar-refractivity contribution in [2.75, 3.05) is 26.7 Å². The van der Waals surface area contributed by atoms with Gasteiger partial charge in [0.2, 0.25) is 0 Å². The number of carboxylic acid groups (broad SMARTS) is 1. The molecule has 1 N–H and O–H groups in total. The summed E-state index contributed by atoms with van der Waals surface area (Å²) in [5, 5.41) is 8.44. The Hall–Kier alpha value is -1.26. The second kappa shape index (κ2) is 7.36. The quantitative estimate of drug-likeness (QED) is 0.783. The van der Waals surface area contributed by atoms with Crippen LogP contribution in [0.15, 0.2) is 18.2 Å². The van der Waals surface area contributed by atoms with E-state index in [0.717, 1.165) is 16.9 Å². The highest BCUT2D eigenvalue weighted by Gasteiger charge is 2.17. The Kier molecular flexibility index (Phi) is 6.12. The van der Waals surface area contributed by atoms with Gasteiger partial charge in [-0.05, 0) is 27.0 Å². The van der Waals surface area contributed by atoms with Crippen LogP contribution in [0.3, 0.4) is 0 Å². The van der Waals surface area contributed by atoms with E-state index in [1.165, 1.54) is 0 Å². The Labute approximate surface area is 118 Å². The zero-order valence-corrected chi connectivity index (χ0v) is 12.3. The Morgan fingerprint density at radius 3 is 2.79 bits per heavy atom. The van der Waals surface area contributed by atoms with Crippen molar-refractivity contribution in [2.24, 2.45) is 0 Å². The average Bonchev–Trinajstić information content (AvgIpc) is 2.30. The van der Waals surface area contributed by atoms with Gasteiger partial charge in [0.05, 0.1) is 18.5 Å². The number of aryl methyl sites for hydroxylation is 1. The summed E-state index contributed by atoms with van der Waals surface area (Å²) >= 11 is 6.38. The van der Waals surface area contributed by atoms with Crippen molar-refractivity contribution in [1.29, 1.82) is 0 Å². The van der Waals surface area contributed by atoms with Crippen molar-refractivity contribution in [1.82, 2.24) is 4.90 Å². The first-order valence-corrected chi connectivity index (χ1v) is 6.65. The van der Waals surface area contributed by atoms with Gasteiger partial charge >= 0.3 is 5.97 Å². The number of carbonyl (C=O) groups is 1. The Bertz CT molecular complexity index is 437. The summed E-state index contributed by atoms with van der Waals surface area (Å²) in [5.74, 6) is -0.0996. The van der Waals surface area contributed by atoms with Crippen LogP contribution in [0, 0.1) is 6.92 Å². The predicted octanol–water partition coefficient (Wildman–Crippen LogP) is 2.69. The van der Waals surface area contributed by atoms with E-state index >= 15 is 0 Å². The SMILES string of the molecule is CCOc1ccc(C)cc1C(Cl)CN(C)CC(=O)O. The fourth-order valence-electron chi connectivity index (χ4n) is 1.87. The lowest BCUT2D eigenvalue weighted by Crippen LogP contribution is -2.28. The van der Waals surface area contributed by atoms with Gasteiger partial charge in [-0.1, -0.05) is 17.7 Å². The molecule has 0 heterocycles. The van der Waals surface area contributed by atoms with E-state index < -0.39 is 5.97 Å². The molecule has 5 heteroatoms. The molecule has 0 radical (unpaired) electrons. The molecule has 1 aromatic carbocycles. The van der Waals surface area contributed by atoms with E-state index in [-0.39, 0.29) is 11.9 Å². The second-order valence-corrected chi connectivity index (χ2v) is 5.06. The fraction of sp³-hybridized carbons (Fsp3) is 0.500. The minimum atomic E-state index is -0.861. The molecule has 0 aliphatic heterocycles. The lowest BCUT2D eigenvalue weighted by molar-refractivity contribution is -0.137. The van der Waals surface area contributed by atoms with Crippen LogP contribution in [0.25, 0.3) is 0 Å². The summed E-state index contributed by atoms with van der Waals surface area (Å²) in [4.78, 5) is 12.3. The van der Waals surface area contributed by atoms with Crippen LogP contribution in [-0.4, -0.2) is 42.7 Å². The van der Waals surface area contributed by atoms with Crippen molar-refractivity contribution in [3.8, 4) is 5.75 Å². The maximum Gasteiger partial charge on any atom is 0.317 e. The first-order valence-electron chi connectivity index (χ1n) is 6.21. The van der Waals surface area contributed by atoms with E-state index in [1.54, 1.807) is 11.9 Å². The third-order valence-electron chi connectivity index (χ3n) is 2.68. The number of halogens is 1. The molecule has 1 rings (SSSR count). The number of benzene rings is 1. The van der Waals surface area contributed by atoms with E-state index in [2.05, 4.69) is 0 Å². The van der Waals surface area contributed by atoms with Gasteiger partial charge in [-0.3, -0.25) is 9.69 Å². The maximum atomic E-state index is 10.6. The van der Waals surface area contributed by atoms with Crippen molar-refractivity contribution in [3.63, 3.8) is 0 Å². The molecule has 0 saturated heterocycles. The first kappa shape index (κ1) is 15.8.